The van der Waals surface area contributed by atoms with E-state index in [1.54, 1.807) is 24.3 Å². The molecule has 34 heavy (non-hydrogen) atoms. The van der Waals surface area contributed by atoms with Crippen molar-refractivity contribution in [1.82, 2.24) is 15.0 Å². The molecule has 1 aliphatic rings. The number of pyridine rings is 1. The molecule has 4 N–H and O–H groups in total. The fraction of sp³-hybridized carbons (Fsp3) is 0.333. The van der Waals surface area contributed by atoms with E-state index in [9.17, 15) is 9.50 Å². The van der Waals surface area contributed by atoms with Crippen LogP contribution in [0.3, 0.4) is 0 Å². The molecule has 0 spiro atoms. The first-order valence-corrected chi connectivity index (χ1v) is 10.8. The Kier molecular flexibility index (Phi) is 6.99. The van der Waals surface area contributed by atoms with E-state index in [4.69, 9.17) is 20.4 Å². The number of nitrogens with zero attached hydrogens (tertiary/aromatic N) is 4. The standard InChI is InChI=1S/C24H26FN5O4/c1-13-23-20(29-24(26)27-13)8-14(9-21(23)30-34-12-16(32)11-31)17-7-6-15(25)10-18(17)19-4-3-5-22(28-19)33-2/h3-7,10,14,16,31-32H,8-9,11-12H2,1-2H3,(H2,26,27,29)/t14-,16?/m1/s1. The number of rotatable bonds is 7. The average Bonchev–Trinajstić information content (AvgIpc) is 2.83. The summed E-state index contributed by atoms with van der Waals surface area (Å²) in [6, 6.07) is 9.94. The van der Waals surface area contributed by atoms with Gasteiger partial charge < -0.3 is 25.5 Å². The van der Waals surface area contributed by atoms with Crippen molar-refractivity contribution in [3.63, 3.8) is 0 Å². The van der Waals surface area contributed by atoms with Crippen LogP contribution in [-0.4, -0.2) is 57.3 Å². The van der Waals surface area contributed by atoms with E-state index in [0.29, 0.717) is 47.1 Å². The Labute approximate surface area is 196 Å². The summed E-state index contributed by atoms with van der Waals surface area (Å²) in [5, 5.41) is 22.9. The van der Waals surface area contributed by atoms with Crippen LogP contribution in [0.15, 0.2) is 41.6 Å². The molecule has 0 bridgehead atoms. The van der Waals surface area contributed by atoms with Gasteiger partial charge in [-0.3, -0.25) is 0 Å². The summed E-state index contributed by atoms with van der Waals surface area (Å²) in [5.74, 6) is 0.0738. The van der Waals surface area contributed by atoms with E-state index >= 15 is 0 Å². The highest BCUT2D eigenvalue weighted by atomic mass is 19.1. The first-order chi connectivity index (χ1) is 16.4. The van der Waals surface area contributed by atoms with Crippen molar-refractivity contribution >= 4 is 11.7 Å². The van der Waals surface area contributed by atoms with Gasteiger partial charge in [-0.25, -0.2) is 19.3 Å². The van der Waals surface area contributed by atoms with Crippen LogP contribution in [0.5, 0.6) is 5.88 Å². The quantitative estimate of drug-likeness (QED) is 0.451. The molecule has 0 radical (unpaired) electrons. The molecule has 0 amide bonds. The number of fused-ring (bicyclic) bond motifs is 1. The van der Waals surface area contributed by atoms with Crippen LogP contribution in [-0.2, 0) is 11.3 Å². The van der Waals surface area contributed by atoms with Crippen LogP contribution in [0, 0.1) is 12.7 Å². The van der Waals surface area contributed by atoms with E-state index in [2.05, 4.69) is 20.1 Å². The topological polar surface area (TPSA) is 136 Å². The van der Waals surface area contributed by atoms with Crippen molar-refractivity contribution in [2.75, 3.05) is 26.1 Å². The molecule has 0 aliphatic heterocycles. The molecule has 0 saturated heterocycles. The lowest BCUT2D eigenvalue weighted by molar-refractivity contribution is 0.00812. The smallest absolute Gasteiger partial charge is 0.220 e. The Morgan fingerprint density at radius 2 is 2.03 bits per heavy atom. The molecule has 2 atom stereocenters. The Morgan fingerprint density at radius 3 is 2.79 bits per heavy atom. The van der Waals surface area contributed by atoms with E-state index in [-0.39, 0.29) is 24.3 Å². The van der Waals surface area contributed by atoms with Crippen LogP contribution >= 0.6 is 0 Å². The molecule has 2 heterocycles. The predicted molar refractivity (Wildman–Crippen MR) is 124 cm³/mol. The number of benzene rings is 1. The number of hydrogen-bond acceptors (Lipinski definition) is 9. The summed E-state index contributed by atoms with van der Waals surface area (Å²) in [5.41, 5.74) is 10.7. The minimum atomic E-state index is -1.05. The monoisotopic (exact) mass is 467 g/mol. The highest BCUT2D eigenvalue weighted by Crippen LogP contribution is 2.38. The maximum Gasteiger partial charge on any atom is 0.220 e. The number of methoxy groups -OCH3 is 1. The molecule has 1 unspecified atom stereocenters. The van der Waals surface area contributed by atoms with Gasteiger partial charge in [0.25, 0.3) is 0 Å². The number of ether oxygens (including phenoxy) is 1. The fourth-order valence-electron chi connectivity index (χ4n) is 4.16. The van der Waals surface area contributed by atoms with Crippen molar-refractivity contribution in [2.45, 2.75) is 31.8 Å². The minimum Gasteiger partial charge on any atom is -0.481 e. The van der Waals surface area contributed by atoms with Gasteiger partial charge in [-0.05, 0) is 43.0 Å². The van der Waals surface area contributed by atoms with Gasteiger partial charge in [0.1, 0.15) is 18.5 Å². The second-order valence-corrected chi connectivity index (χ2v) is 8.06. The van der Waals surface area contributed by atoms with E-state index < -0.39 is 12.7 Å². The third-order valence-electron chi connectivity index (χ3n) is 5.67. The maximum absolute atomic E-state index is 14.3. The summed E-state index contributed by atoms with van der Waals surface area (Å²) in [4.78, 5) is 18.5. The number of aliphatic hydroxyl groups is 2. The van der Waals surface area contributed by atoms with Gasteiger partial charge in [0.05, 0.1) is 36.5 Å². The Balaban J connectivity index is 1.77. The van der Waals surface area contributed by atoms with Gasteiger partial charge in [-0.15, -0.1) is 0 Å². The number of aromatic nitrogens is 3. The molecular weight excluding hydrogens is 441 g/mol. The van der Waals surface area contributed by atoms with E-state index in [1.165, 1.54) is 19.2 Å². The number of oxime groups is 1. The van der Waals surface area contributed by atoms with Crippen LogP contribution in [0.2, 0.25) is 0 Å². The van der Waals surface area contributed by atoms with Crippen molar-refractivity contribution in [1.29, 1.82) is 0 Å². The molecule has 3 aromatic rings. The van der Waals surface area contributed by atoms with Crippen LogP contribution in [0.1, 0.15) is 34.9 Å². The van der Waals surface area contributed by atoms with Crippen molar-refractivity contribution in [3.8, 4) is 17.1 Å². The first-order valence-electron chi connectivity index (χ1n) is 10.8. The SMILES string of the molecule is COc1cccc(-c2cc(F)ccc2[C@H]2CC(=NOCC(O)CO)c3c(C)nc(N)nc3C2)n1. The number of halogens is 1. The highest BCUT2D eigenvalue weighted by Gasteiger charge is 2.31. The lowest BCUT2D eigenvalue weighted by Gasteiger charge is -2.28. The largest absolute Gasteiger partial charge is 0.481 e. The molecule has 1 aliphatic carbocycles. The Bertz CT molecular complexity index is 1220. The van der Waals surface area contributed by atoms with Crippen LogP contribution in [0.4, 0.5) is 10.3 Å². The first kappa shape index (κ1) is 23.5. The van der Waals surface area contributed by atoms with Gasteiger partial charge in [-0.2, -0.15) is 0 Å². The predicted octanol–water partition coefficient (Wildman–Crippen LogP) is 2.38. The second kappa shape index (κ2) is 10.1. The average molecular weight is 468 g/mol. The number of hydrogen-bond donors (Lipinski definition) is 3. The summed E-state index contributed by atoms with van der Waals surface area (Å²) < 4.78 is 19.5. The second-order valence-electron chi connectivity index (χ2n) is 8.06. The minimum absolute atomic E-state index is 0.130. The van der Waals surface area contributed by atoms with Gasteiger partial charge in [0, 0.05) is 23.6 Å². The van der Waals surface area contributed by atoms with E-state index in [0.717, 1.165) is 11.1 Å². The molecular formula is C24H26FN5O4. The number of aryl methyl sites for hydroxylation is 1. The van der Waals surface area contributed by atoms with E-state index in [1.807, 2.05) is 6.92 Å². The zero-order valence-corrected chi connectivity index (χ0v) is 18.9. The Hall–Kier alpha value is -3.63. The third-order valence-corrected chi connectivity index (χ3v) is 5.67. The normalized spacial score (nSPS) is 17.3. The molecule has 2 aromatic heterocycles. The van der Waals surface area contributed by atoms with Gasteiger partial charge in [0.15, 0.2) is 0 Å². The zero-order valence-electron chi connectivity index (χ0n) is 18.9. The highest BCUT2D eigenvalue weighted by molar-refractivity contribution is 6.03. The lowest BCUT2D eigenvalue weighted by Crippen LogP contribution is -2.25. The molecule has 4 rings (SSSR count). The molecule has 0 saturated carbocycles. The molecule has 10 heteroatoms. The van der Waals surface area contributed by atoms with Crippen molar-refractivity contribution in [2.24, 2.45) is 5.16 Å². The number of aliphatic hydroxyl groups excluding tert-OH is 2. The van der Waals surface area contributed by atoms with Crippen LogP contribution < -0.4 is 10.5 Å². The van der Waals surface area contributed by atoms with Crippen molar-refractivity contribution < 1.29 is 24.2 Å². The zero-order chi connectivity index (χ0) is 24.2. The maximum atomic E-state index is 14.3. The fourth-order valence-corrected chi connectivity index (χ4v) is 4.16. The van der Waals surface area contributed by atoms with Crippen molar-refractivity contribution in [3.05, 3.63) is 64.7 Å². The summed E-state index contributed by atoms with van der Waals surface area (Å²) in [7, 11) is 1.53. The van der Waals surface area contributed by atoms with Gasteiger partial charge in [-0.1, -0.05) is 17.3 Å². The Morgan fingerprint density at radius 1 is 1.21 bits per heavy atom. The summed E-state index contributed by atoms with van der Waals surface area (Å²) in [6.07, 6.45) is -0.0577. The number of anilines is 1. The molecule has 0 fully saturated rings. The number of nitrogen functional groups attached to an aromatic ring is 1. The van der Waals surface area contributed by atoms with Gasteiger partial charge in [0.2, 0.25) is 11.8 Å². The third kappa shape index (κ3) is 4.97. The molecule has 1 aromatic carbocycles. The lowest BCUT2D eigenvalue weighted by atomic mass is 9.79. The molecule has 9 nitrogen and oxygen atoms in total. The number of nitrogens with two attached hydrogens (primary N) is 1. The van der Waals surface area contributed by atoms with Crippen LogP contribution in [0.25, 0.3) is 11.3 Å². The summed E-state index contributed by atoms with van der Waals surface area (Å²) >= 11 is 0. The summed E-state index contributed by atoms with van der Waals surface area (Å²) in [6.45, 7) is 1.22. The van der Waals surface area contributed by atoms with Gasteiger partial charge >= 0.3 is 0 Å². The molecule has 178 valence electrons.